The van der Waals surface area contributed by atoms with Gasteiger partial charge >= 0.3 is 6.18 Å². The number of ether oxygens (including phenoxy) is 2. The van der Waals surface area contributed by atoms with Gasteiger partial charge in [0.25, 0.3) is 0 Å². The van der Waals surface area contributed by atoms with E-state index in [1.165, 1.54) is 12.1 Å². The van der Waals surface area contributed by atoms with Crippen molar-refractivity contribution in [2.75, 3.05) is 31.8 Å². The molecule has 0 unspecified atom stereocenters. The number of benzene rings is 1. The minimum Gasteiger partial charge on any atom is -0.484 e. The van der Waals surface area contributed by atoms with Crippen LogP contribution in [0.1, 0.15) is 32.1 Å². The summed E-state index contributed by atoms with van der Waals surface area (Å²) < 4.78 is 46.4. The number of amides is 1. The molecule has 0 aromatic heterocycles. The largest absolute Gasteiger partial charge is 0.484 e. The Labute approximate surface area is 156 Å². The van der Waals surface area contributed by atoms with Crippen LogP contribution >= 0.6 is 0 Å². The van der Waals surface area contributed by atoms with Gasteiger partial charge in [-0.2, -0.15) is 13.2 Å². The summed E-state index contributed by atoms with van der Waals surface area (Å²) in [5.41, 5.74) is -0.690. The van der Waals surface area contributed by atoms with Crippen LogP contribution < -0.4 is 9.64 Å². The SMILES string of the molecule is COC[C@]1(O)CC[C@]2(CCN(c3ccc(OCC(F)(F)F)cc3)C2=O)CC1. The molecule has 8 heteroatoms. The number of anilines is 1. The van der Waals surface area contributed by atoms with Gasteiger partial charge in [-0.25, -0.2) is 0 Å². The van der Waals surface area contributed by atoms with Gasteiger partial charge in [-0.05, 0) is 56.4 Å². The highest BCUT2D eigenvalue weighted by molar-refractivity contribution is 6.00. The number of nitrogens with zero attached hydrogens (tertiary/aromatic N) is 1. The number of hydrogen-bond acceptors (Lipinski definition) is 4. The smallest absolute Gasteiger partial charge is 0.422 e. The van der Waals surface area contributed by atoms with Crippen LogP contribution in [-0.4, -0.2) is 49.7 Å². The second-order valence-electron chi connectivity index (χ2n) is 7.54. The van der Waals surface area contributed by atoms with Crippen molar-refractivity contribution in [3.8, 4) is 5.75 Å². The summed E-state index contributed by atoms with van der Waals surface area (Å²) in [5.74, 6) is 0.130. The molecule has 0 radical (unpaired) electrons. The zero-order valence-corrected chi connectivity index (χ0v) is 15.2. The van der Waals surface area contributed by atoms with Crippen LogP contribution in [0, 0.1) is 5.41 Å². The monoisotopic (exact) mass is 387 g/mol. The Morgan fingerprint density at radius 1 is 1.11 bits per heavy atom. The van der Waals surface area contributed by atoms with E-state index in [1.54, 1.807) is 24.1 Å². The summed E-state index contributed by atoms with van der Waals surface area (Å²) in [4.78, 5) is 14.7. The third-order valence-electron chi connectivity index (χ3n) is 5.61. The van der Waals surface area contributed by atoms with Crippen molar-refractivity contribution in [2.45, 2.75) is 43.9 Å². The fourth-order valence-corrected chi connectivity index (χ4v) is 4.03. The summed E-state index contributed by atoms with van der Waals surface area (Å²) in [7, 11) is 1.55. The average Bonchev–Trinajstić information content (AvgIpc) is 2.93. The van der Waals surface area contributed by atoms with E-state index >= 15 is 0 Å². The zero-order valence-electron chi connectivity index (χ0n) is 15.2. The molecule has 1 saturated heterocycles. The van der Waals surface area contributed by atoms with Crippen molar-refractivity contribution < 1.29 is 32.5 Å². The first-order valence-corrected chi connectivity index (χ1v) is 8.99. The van der Waals surface area contributed by atoms with Gasteiger partial charge in [0.2, 0.25) is 5.91 Å². The molecule has 1 aromatic carbocycles. The molecule has 3 rings (SSSR count). The molecule has 1 aliphatic carbocycles. The lowest BCUT2D eigenvalue weighted by Crippen LogP contribution is -2.45. The number of halogens is 3. The molecule has 5 nitrogen and oxygen atoms in total. The van der Waals surface area contributed by atoms with Gasteiger partial charge in [0.15, 0.2) is 6.61 Å². The Balaban J connectivity index is 1.64. The van der Waals surface area contributed by atoms with Gasteiger partial charge in [-0.1, -0.05) is 0 Å². The molecule has 0 bridgehead atoms. The Bertz CT molecular complexity index is 667. The minimum absolute atomic E-state index is 0.0194. The summed E-state index contributed by atoms with van der Waals surface area (Å²) in [5, 5.41) is 10.5. The highest BCUT2D eigenvalue weighted by atomic mass is 19.4. The molecule has 150 valence electrons. The number of carbonyl (C=O) groups excluding carboxylic acids is 1. The van der Waals surface area contributed by atoms with Crippen LogP contribution in [-0.2, 0) is 9.53 Å². The maximum atomic E-state index is 13.0. The van der Waals surface area contributed by atoms with Gasteiger partial charge in [0, 0.05) is 19.3 Å². The van der Waals surface area contributed by atoms with Crippen LogP contribution in [0.4, 0.5) is 18.9 Å². The van der Waals surface area contributed by atoms with E-state index < -0.39 is 23.8 Å². The normalized spacial score (nSPS) is 28.8. The van der Waals surface area contributed by atoms with E-state index in [0.29, 0.717) is 44.3 Å². The van der Waals surface area contributed by atoms with E-state index in [0.717, 1.165) is 0 Å². The van der Waals surface area contributed by atoms with Crippen molar-refractivity contribution in [1.29, 1.82) is 0 Å². The average molecular weight is 387 g/mol. The number of hydrogen-bond donors (Lipinski definition) is 1. The van der Waals surface area contributed by atoms with E-state index in [2.05, 4.69) is 0 Å². The molecule has 2 fully saturated rings. The van der Waals surface area contributed by atoms with Crippen LogP contribution in [0.15, 0.2) is 24.3 Å². The van der Waals surface area contributed by atoms with E-state index in [4.69, 9.17) is 9.47 Å². The van der Waals surface area contributed by atoms with Crippen molar-refractivity contribution in [3.05, 3.63) is 24.3 Å². The molecule has 2 aliphatic rings. The molecule has 1 aromatic rings. The van der Waals surface area contributed by atoms with Crippen LogP contribution in [0.2, 0.25) is 0 Å². The summed E-state index contributed by atoms with van der Waals surface area (Å²) in [6.07, 6.45) is -1.43. The van der Waals surface area contributed by atoms with Crippen molar-refractivity contribution in [1.82, 2.24) is 0 Å². The molecule has 0 atom stereocenters. The number of rotatable bonds is 5. The number of aliphatic hydroxyl groups is 1. The number of alkyl halides is 3. The maximum Gasteiger partial charge on any atom is 0.422 e. The minimum atomic E-state index is -4.39. The Kier molecular flexibility index (Phi) is 5.40. The highest BCUT2D eigenvalue weighted by Crippen LogP contribution is 2.48. The van der Waals surface area contributed by atoms with Gasteiger partial charge in [0.05, 0.1) is 17.6 Å². The first-order valence-electron chi connectivity index (χ1n) is 8.99. The molecular weight excluding hydrogens is 363 g/mol. The fraction of sp³-hybridized carbons (Fsp3) is 0.632. The Morgan fingerprint density at radius 3 is 2.30 bits per heavy atom. The van der Waals surface area contributed by atoms with Crippen LogP contribution in [0.25, 0.3) is 0 Å². The van der Waals surface area contributed by atoms with Crippen molar-refractivity contribution in [3.63, 3.8) is 0 Å². The molecule has 27 heavy (non-hydrogen) atoms. The predicted molar refractivity (Wildman–Crippen MR) is 92.7 cm³/mol. The Hall–Kier alpha value is -1.80. The molecular formula is C19H24F3NO4. The Morgan fingerprint density at radius 2 is 1.74 bits per heavy atom. The number of carbonyl (C=O) groups is 1. The third-order valence-corrected chi connectivity index (χ3v) is 5.61. The van der Waals surface area contributed by atoms with Crippen molar-refractivity contribution in [2.24, 2.45) is 5.41 Å². The number of methoxy groups -OCH3 is 1. The lowest BCUT2D eigenvalue weighted by Gasteiger charge is -2.40. The topological polar surface area (TPSA) is 59.0 Å². The zero-order chi connectivity index (χ0) is 19.7. The second kappa shape index (κ2) is 7.31. The molecule has 1 aliphatic heterocycles. The quantitative estimate of drug-likeness (QED) is 0.842. The summed E-state index contributed by atoms with van der Waals surface area (Å²) in [6, 6.07) is 6.09. The molecule has 1 N–H and O–H groups in total. The molecule has 1 amide bonds. The maximum absolute atomic E-state index is 13.0. The second-order valence-corrected chi connectivity index (χ2v) is 7.54. The van der Waals surface area contributed by atoms with Gasteiger partial charge in [0.1, 0.15) is 5.75 Å². The van der Waals surface area contributed by atoms with E-state index in [-0.39, 0.29) is 18.3 Å². The molecule has 1 heterocycles. The summed E-state index contributed by atoms with van der Waals surface area (Å²) in [6.45, 7) is -0.521. The first-order chi connectivity index (χ1) is 12.7. The highest BCUT2D eigenvalue weighted by Gasteiger charge is 2.51. The van der Waals surface area contributed by atoms with Crippen LogP contribution in [0.5, 0.6) is 5.75 Å². The third kappa shape index (κ3) is 4.38. The van der Waals surface area contributed by atoms with Gasteiger partial charge in [-0.3, -0.25) is 4.79 Å². The van der Waals surface area contributed by atoms with E-state index in [9.17, 15) is 23.1 Å². The molecule has 1 saturated carbocycles. The predicted octanol–water partition coefficient (Wildman–Crippen LogP) is 3.30. The van der Waals surface area contributed by atoms with E-state index in [1.807, 2.05) is 0 Å². The first kappa shape index (κ1) is 19.9. The fourth-order valence-electron chi connectivity index (χ4n) is 4.03. The van der Waals surface area contributed by atoms with Crippen LogP contribution in [0.3, 0.4) is 0 Å². The van der Waals surface area contributed by atoms with Crippen molar-refractivity contribution >= 4 is 11.6 Å². The summed E-state index contributed by atoms with van der Waals surface area (Å²) >= 11 is 0. The molecule has 1 spiro atoms. The lowest BCUT2D eigenvalue weighted by atomic mass is 9.68. The standard InChI is InChI=1S/C19H24F3NO4/c1-26-12-18(25)8-6-17(7-9-18)10-11-23(16(17)24)14-2-4-15(5-3-14)27-13-19(20,21)22/h2-5,25H,6-13H2,1H3/t17-,18+. The van der Waals surface area contributed by atoms with Gasteiger partial charge < -0.3 is 19.5 Å². The van der Waals surface area contributed by atoms with Gasteiger partial charge in [-0.15, -0.1) is 0 Å². The lowest BCUT2D eigenvalue weighted by molar-refractivity contribution is -0.153.